The van der Waals surface area contributed by atoms with Crippen molar-refractivity contribution in [3.63, 3.8) is 0 Å². The summed E-state index contributed by atoms with van der Waals surface area (Å²) < 4.78 is 0.734. The smallest absolute Gasteiger partial charge is 0.363 e. The zero-order valence-electron chi connectivity index (χ0n) is 21.7. The summed E-state index contributed by atoms with van der Waals surface area (Å²) in [5.74, 6) is -0.236. The van der Waals surface area contributed by atoms with Gasteiger partial charge >= 0.3 is 11.6 Å². The molecule has 2 aliphatic rings. The molecule has 14 heteroatoms. The van der Waals surface area contributed by atoms with Gasteiger partial charge in [0.2, 0.25) is 0 Å². The first-order valence-corrected chi connectivity index (χ1v) is 12.3. The summed E-state index contributed by atoms with van der Waals surface area (Å²) in [7, 11) is 8.50. The fourth-order valence-corrected chi connectivity index (χ4v) is 4.20. The van der Waals surface area contributed by atoms with Crippen LogP contribution in [0.25, 0.3) is 0 Å². The number of aromatic nitrogens is 2. The molecular formula is C23H38BrN7O4S2. The molecule has 0 amide bonds. The van der Waals surface area contributed by atoms with Crippen molar-refractivity contribution in [1.82, 2.24) is 19.8 Å². The van der Waals surface area contributed by atoms with Crippen LogP contribution in [0.5, 0.6) is 0 Å². The molecule has 1 aliphatic heterocycles. The topological polar surface area (TPSA) is 122 Å². The van der Waals surface area contributed by atoms with E-state index >= 15 is 0 Å². The lowest BCUT2D eigenvalue weighted by Crippen LogP contribution is -2.31. The second-order valence-electron chi connectivity index (χ2n) is 8.98. The van der Waals surface area contributed by atoms with E-state index in [4.69, 9.17) is 0 Å². The third-order valence-electron chi connectivity index (χ3n) is 6.13. The van der Waals surface area contributed by atoms with Crippen LogP contribution < -0.4 is 4.90 Å². The van der Waals surface area contributed by atoms with Crippen LogP contribution in [-0.4, -0.2) is 83.0 Å². The lowest BCUT2D eigenvalue weighted by atomic mass is 10.2. The van der Waals surface area contributed by atoms with Gasteiger partial charge in [-0.25, -0.2) is 0 Å². The van der Waals surface area contributed by atoms with Crippen LogP contribution in [-0.2, 0) is 0 Å². The predicted octanol–water partition coefficient (Wildman–Crippen LogP) is 4.60. The molecule has 208 valence electrons. The Kier molecular flexibility index (Phi) is 16.6. The van der Waals surface area contributed by atoms with Gasteiger partial charge in [0.1, 0.15) is 0 Å². The van der Waals surface area contributed by atoms with Gasteiger partial charge in [-0.15, -0.1) is 0 Å². The number of halogens is 1. The van der Waals surface area contributed by atoms with Crippen molar-refractivity contribution in [3.05, 3.63) is 61.4 Å². The molecule has 1 aliphatic carbocycles. The standard InChI is InChI=1S/C11H16N4O2.C7H15N.C5H3BrN2O2.2H2S/c1-13(2)10-5-6-14(8-10)9-3-4-11(12-7-9)15(16)17;1-8(2)7-5-3-4-6-7;6-4-1-2-5(7-3-4)8(9)10;;/h3-4,7,10H,5-6,8H2,1-2H3;7H,3-6H2,1-2H3;1-3H;2*1H2/t10-;;;;/m0..../s1. The third-order valence-corrected chi connectivity index (χ3v) is 6.60. The highest BCUT2D eigenvalue weighted by atomic mass is 79.9. The average Bonchev–Trinajstić information content (AvgIpc) is 3.53. The van der Waals surface area contributed by atoms with Gasteiger partial charge in [-0.3, -0.25) is 0 Å². The van der Waals surface area contributed by atoms with Crippen LogP contribution in [0.15, 0.2) is 41.1 Å². The summed E-state index contributed by atoms with van der Waals surface area (Å²) in [6.45, 7) is 1.93. The molecule has 1 saturated heterocycles. The fourth-order valence-electron chi connectivity index (χ4n) is 3.97. The van der Waals surface area contributed by atoms with Gasteiger partial charge in [0.15, 0.2) is 12.4 Å². The first-order chi connectivity index (χ1) is 16.6. The zero-order valence-corrected chi connectivity index (χ0v) is 25.3. The Bertz CT molecular complexity index is 947. The van der Waals surface area contributed by atoms with Crippen LogP contribution in [0.2, 0.25) is 0 Å². The summed E-state index contributed by atoms with van der Waals surface area (Å²) >= 11 is 3.11. The highest BCUT2D eigenvalue weighted by molar-refractivity contribution is 9.10. The van der Waals surface area contributed by atoms with Gasteiger partial charge in [-0.05, 0) is 95.3 Å². The molecule has 37 heavy (non-hydrogen) atoms. The Morgan fingerprint density at radius 2 is 1.35 bits per heavy atom. The predicted molar refractivity (Wildman–Crippen MR) is 160 cm³/mol. The maximum atomic E-state index is 10.5. The Morgan fingerprint density at radius 3 is 1.70 bits per heavy atom. The molecular weight excluding hydrogens is 582 g/mol. The van der Waals surface area contributed by atoms with Crippen LogP contribution in [0.3, 0.4) is 0 Å². The number of nitro groups is 2. The molecule has 2 aromatic heterocycles. The van der Waals surface area contributed by atoms with E-state index in [-0.39, 0.29) is 38.6 Å². The number of likely N-dealkylation sites (N-methyl/N-ethyl adjacent to an activating group) is 1. The quantitative estimate of drug-likeness (QED) is 0.349. The van der Waals surface area contributed by atoms with Gasteiger partial charge in [0.05, 0.1) is 10.2 Å². The van der Waals surface area contributed by atoms with E-state index in [2.05, 4.69) is 68.8 Å². The molecule has 0 aromatic carbocycles. The first kappa shape index (κ1) is 35.0. The van der Waals surface area contributed by atoms with Crippen LogP contribution in [0.1, 0.15) is 32.1 Å². The molecule has 4 rings (SSSR count). The second-order valence-corrected chi connectivity index (χ2v) is 9.89. The van der Waals surface area contributed by atoms with Crippen molar-refractivity contribution in [2.45, 2.75) is 44.2 Å². The molecule has 1 saturated carbocycles. The SMILES string of the molecule is CN(C)C1CCCC1.CN(C)[C@H]1CCN(c2ccc([N+](=O)[O-])nc2)C1.O=[N+]([O-])c1ccc(Br)cn1.S.S. The number of hydrogen-bond acceptors (Lipinski definition) is 9. The van der Waals surface area contributed by atoms with Crippen molar-refractivity contribution < 1.29 is 9.85 Å². The van der Waals surface area contributed by atoms with E-state index in [9.17, 15) is 20.2 Å². The van der Waals surface area contributed by atoms with Gasteiger partial charge in [-0.1, -0.05) is 12.8 Å². The third kappa shape index (κ3) is 11.9. The van der Waals surface area contributed by atoms with Crippen molar-refractivity contribution in [1.29, 1.82) is 0 Å². The summed E-state index contributed by atoms with van der Waals surface area (Å²) in [6, 6.07) is 7.58. The molecule has 0 radical (unpaired) electrons. The summed E-state index contributed by atoms with van der Waals surface area (Å²) in [4.78, 5) is 33.7. The van der Waals surface area contributed by atoms with E-state index in [1.165, 1.54) is 44.0 Å². The van der Waals surface area contributed by atoms with Crippen molar-refractivity contribution in [2.75, 3.05) is 46.2 Å². The maximum absolute atomic E-state index is 10.5. The van der Waals surface area contributed by atoms with Gasteiger partial charge in [-0.2, -0.15) is 27.0 Å². The number of pyridine rings is 2. The Labute approximate surface area is 241 Å². The molecule has 11 nitrogen and oxygen atoms in total. The minimum Gasteiger partial charge on any atom is -0.367 e. The average molecular weight is 621 g/mol. The van der Waals surface area contributed by atoms with Crippen LogP contribution in [0.4, 0.5) is 17.3 Å². The van der Waals surface area contributed by atoms with E-state index < -0.39 is 9.85 Å². The van der Waals surface area contributed by atoms with Crippen LogP contribution >= 0.6 is 42.9 Å². The Morgan fingerprint density at radius 1 is 0.838 bits per heavy atom. The largest absolute Gasteiger partial charge is 0.367 e. The van der Waals surface area contributed by atoms with Gasteiger partial charge in [0.25, 0.3) is 0 Å². The monoisotopic (exact) mass is 619 g/mol. The normalized spacial score (nSPS) is 16.6. The van der Waals surface area contributed by atoms with Crippen LogP contribution in [0, 0.1) is 20.2 Å². The fraction of sp³-hybridized carbons (Fsp3) is 0.565. The maximum Gasteiger partial charge on any atom is 0.363 e. The van der Waals surface area contributed by atoms with Crippen molar-refractivity contribution in [2.24, 2.45) is 0 Å². The van der Waals surface area contributed by atoms with Gasteiger partial charge < -0.3 is 34.9 Å². The lowest BCUT2D eigenvalue weighted by Gasteiger charge is -2.20. The molecule has 0 N–H and O–H groups in total. The van der Waals surface area contributed by atoms with E-state index in [1.54, 1.807) is 18.3 Å². The molecule has 3 heterocycles. The summed E-state index contributed by atoms with van der Waals surface area (Å²) in [5.41, 5.74) is 0.958. The Hall–Kier alpha value is -2.00. The first-order valence-electron chi connectivity index (χ1n) is 11.5. The van der Waals surface area contributed by atoms with E-state index in [0.717, 1.165) is 35.7 Å². The number of nitrogens with zero attached hydrogens (tertiary/aromatic N) is 7. The molecule has 0 spiro atoms. The number of anilines is 1. The molecule has 2 fully saturated rings. The second kappa shape index (κ2) is 17.5. The number of rotatable bonds is 5. The highest BCUT2D eigenvalue weighted by Crippen LogP contribution is 2.23. The zero-order chi connectivity index (χ0) is 26.0. The molecule has 2 aromatic rings. The number of hydrogen-bond donors (Lipinski definition) is 0. The molecule has 0 bridgehead atoms. The van der Waals surface area contributed by atoms with E-state index in [1.807, 2.05) is 0 Å². The highest BCUT2D eigenvalue weighted by Gasteiger charge is 2.25. The van der Waals surface area contributed by atoms with Gasteiger partial charge in [0, 0.05) is 37.3 Å². The Balaban J connectivity index is 0.000000557. The summed E-state index contributed by atoms with van der Waals surface area (Å²) in [5, 5.41) is 20.5. The minimum atomic E-state index is -0.535. The minimum absolute atomic E-state index is 0. The van der Waals surface area contributed by atoms with Crippen molar-refractivity contribution in [3.8, 4) is 0 Å². The lowest BCUT2D eigenvalue weighted by molar-refractivity contribution is -0.389. The van der Waals surface area contributed by atoms with E-state index in [0.29, 0.717) is 6.04 Å². The molecule has 1 atom stereocenters. The summed E-state index contributed by atoms with van der Waals surface area (Å²) in [6.07, 6.45) is 9.82. The molecule has 0 unspecified atom stereocenters. The van der Waals surface area contributed by atoms with Crippen molar-refractivity contribution >= 4 is 60.2 Å².